The number of rotatable bonds is 5. The molecule has 1 atom stereocenters. The van der Waals surface area contributed by atoms with E-state index in [1.165, 1.54) is 0 Å². The molecule has 0 aromatic carbocycles. The quantitative estimate of drug-likeness (QED) is 0.715. The number of aliphatic hydroxyl groups is 1. The summed E-state index contributed by atoms with van der Waals surface area (Å²) in [6, 6.07) is 0. The second-order valence-corrected chi connectivity index (χ2v) is 4.83. The maximum Gasteiger partial charge on any atom is 0.195 e. The van der Waals surface area contributed by atoms with Crippen molar-refractivity contribution >= 4 is 23.0 Å². The number of nitrogens with zero attached hydrogens (tertiary/aromatic N) is 2. The van der Waals surface area contributed by atoms with E-state index < -0.39 is 10.8 Å². The van der Waals surface area contributed by atoms with Gasteiger partial charge in [-0.2, -0.15) is 5.10 Å². The van der Waals surface area contributed by atoms with E-state index in [0.717, 1.165) is 6.42 Å². The van der Waals surface area contributed by atoms with Crippen LogP contribution in [0.1, 0.15) is 12.2 Å². The first kappa shape index (κ1) is 11.5. The molecule has 0 aliphatic carbocycles. The van der Waals surface area contributed by atoms with Crippen molar-refractivity contribution in [3.63, 3.8) is 0 Å². The lowest BCUT2D eigenvalue weighted by atomic mass is 10.4. The van der Waals surface area contributed by atoms with Crippen molar-refractivity contribution < 1.29 is 9.32 Å². The topological polar surface area (TPSA) is 70.9 Å². The zero-order valence-corrected chi connectivity index (χ0v) is 9.53. The highest BCUT2D eigenvalue weighted by molar-refractivity contribution is 7.84. The maximum absolute atomic E-state index is 10.8. The van der Waals surface area contributed by atoms with Gasteiger partial charge in [0.1, 0.15) is 6.61 Å². The van der Waals surface area contributed by atoms with Crippen LogP contribution in [0, 0.1) is 4.77 Å². The fraction of sp³-hybridized carbons (Fsp3) is 0.714. The summed E-state index contributed by atoms with van der Waals surface area (Å²) in [6.07, 6.45) is 2.44. The number of aromatic nitrogens is 3. The van der Waals surface area contributed by atoms with Crippen molar-refractivity contribution in [1.82, 2.24) is 14.8 Å². The molecule has 2 N–H and O–H groups in total. The van der Waals surface area contributed by atoms with Gasteiger partial charge in [0, 0.05) is 29.4 Å². The van der Waals surface area contributed by atoms with Crippen molar-refractivity contribution in [2.24, 2.45) is 0 Å². The molecule has 0 radical (unpaired) electrons. The fourth-order valence-electron chi connectivity index (χ4n) is 1.13. The first-order valence-electron chi connectivity index (χ1n) is 4.20. The lowest BCUT2D eigenvalue weighted by Gasteiger charge is -2.03. The first-order chi connectivity index (χ1) is 6.65. The largest absolute Gasteiger partial charge is 0.388 e. The predicted molar refractivity (Wildman–Crippen MR) is 56.9 cm³/mol. The lowest BCUT2D eigenvalue weighted by Crippen LogP contribution is -2.07. The molecule has 0 saturated heterocycles. The van der Waals surface area contributed by atoms with Crippen LogP contribution in [-0.2, 0) is 24.0 Å². The molecule has 14 heavy (non-hydrogen) atoms. The zero-order chi connectivity index (χ0) is 10.6. The Hall–Kier alpha value is -0.530. The molecular weight excluding hydrogens is 222 g/mol. The van der Waals surface area contributed by atoms with Crippen LogP contribution in [0.4, 0.5) is 0 Å². The van der Waals surface area contributed by atoms with Crippen LogP contribution in [0.2, 0.25) is 0 Å². The van der Waals surface area contributed by atoms with Crippen LogP contribution in [0.5, 0.6) is 0 Å². The molecule has 5 nitrogen and oxygen atoms in total. The molecule has 1 aromatic heterocycles. The minimum Gasteiger partial charge on any atom is -0.388 e. The van der Waals surface area contributed by atoms with Crippen molar-refractivity contribution in [3.05, 3.63) is 10.6 Å². The Labute approximate surface area is 89.6 Å². The molecule has 0 spiro atoms. The summed E-state index contributed by atoms with van der Waals surface area (Å²) in [6.45, 7) is 0.507. The molecular formula is C7H13N3O2S2. The average molecular weight is 235 g/mol. The minimum atomic E-state index is -0.783. The zero-order valence-electron chi connectivity index (χ0n) is 7.89. The summed E-state index contributed by atoms with van der Waals surface area (Å²) in [7, 11) is -0.783. The Balaban J connectivity index is 2.61. The van der Waals surface area contributed by atoms with Gasteiger partial charge in [-0.3, -0.25) is 9.31 Å². The number of H-pyrrole nitrogens is 1. The van der Waals surface area contributed by atoms with E-state index in [2.05, 4.69) is 10.2 Å². The Morgan fingerprint density at radius 3 is 3.00 bits per heavy atom. The normalized spacial score (nSPS) is 13.0. The van der Waals surface area contributed by atoms with Crippen LogP contribution in [0.15, 0.2) is 0 Å². The third kappa shape index (κ3) is 3.00. The van der Waals surface area contributed by atoms with E-state index in [-0.39, 0.29) is 6.61 Å². The molecule has 0 aliphatic rings. The molecule has 1 aromatic rings. The summed E-state index contributed by atoms with van der Waals surface area (Å²) < 4.78 is 13.0. The third-order valence-corrected chi connectivity index (χ3v) is 2.97. The highest BCUT2D eigenvalue weighted by Crippen LogP contribution is 2.00. The van der Waals surface area contributed by atoms with Crippen LogP contribution >= 0.6 is 12.2 Å². The summed E-state index contributed by atoms with van der Waals surface area (Å²) in [5, 5.41) is 15.4. The van der Waals surface area contributed by atoms with Gasteiger partial charge >= 0.3 is 0 Å². The Kier molecular flexibility index (Phi) is 4.43. The molecule has 80 valence electrons. The predicted octanol–water partition coefficient (Wildman–Crippen LogP) is 0.202. The number of hydrogen-bond acceptors (Lipinski definition) is 4. The first-order valence-corrected chi connectivity index (χ1v) is 6.33. The summed E-state index contributed by atoms with van der Waals surface area (Å²) in [5.41, 5.74) is 0. The van der Waals surface area contributed by atoms with Gasteiger partial charge in [-0.05, 0) is 18.6 Å². The number of hydrogen-bond donors (Lipinski definition) is 2. The Bertz CT molecular complexity index is 371. The van der Waals surface area contributed by atoms with Crippen LogP contribution in [0.3, 0.4) is 0 Å². The van der Waals surface area contributed by atoms with E-state index in [1.54, 1.807) is 10.8 Å². The molecule has 0 saturated carbocycles. The van der Waals surface area contributed by atoms with Crippen LogP contribution in [0.25, 0.3) is 0 Å². The number of aromatic amines is 1. The Morgan fingerprint density at radius 2 is 2.43 bits per heavy atom. The second-order valence-electron chi connectivity index (χ2n) is 2.89. The number of nitrogens with one attached hydrogen (secondary N) is 1. The summed E-state index contributed by atoms with van der Waals surface area (Å²) in [5.74, 6) is 1.16. The molecule has 1 unspecified atom stereocenters. The smallest absolute Gasteiger partial charge is 0.195 e. The van der Waals surface area contributed by atoms with Gasteiger partial charge in [0.15, 0.2) is 10.6 Å². The van der Waals surface area contributed by atoms with Gasteiger partial charge in [0.05, 0.1) is 0 Å². The molecule has 0 amide bonds. The Morgan fingerprint density at radius 1 is 1.71 bits per heavy atom. The second kappa shape index (κ2) is 5.38. The van der Waals surface area contributed by atoms with Gasteiger partial charge in [-0.15, -0.1) is 0 Å². The van der Waals surface area contributed by atoms with Crippen LogP contribution in [-0.4, -0.2) is 36.1 Å². The minimum absolute atomic E-state index is 0.137. The third-order valence-electron chi connectivity index (χ3n) is 1.79. The van der Waals surface area contributed by atoms with Gasteiger partial charge in [-0.25, -0.2) is 0 Å². The molecule has 1 rings (SSSR count). The lowest BCUT2D eigenvalue weighted by molar-refractivity contribution is 0.264. The van der Waals surface area contributed by atoms with E-state index in [1.807, 2.05) is 0 Å². The number of aliphatic hydroxyl groups excluding tert-OH is 1. The van der Waals surface area contributed by atoms with Gasteiger partial charge in [0.2, 0.25) is 0 Å². The molecule has 0 fully saturated rings. The standard InChI is InChI=1S/C7H13N3O2S2/c1-14(12)4-2-3-10-6(5-11)8-9-7(10)13/h11H,2-5H2,1H3,(H,9,13). The van der Waals surface area contributed by atoms with E-state index >= 15 is 0 Å². The monoisotopic (exact) mass is 235 g/mol. The molecule has 7 heteroatoms. The van der Waals surface area contributed by atoms with Crippen molar-refractivity contribution in [2.45, 2.75) is 19.6 Å². The van der Waals surface area contributed by atoms with Crippen LogP contribution < -0.4 is 0 Å². The average Bonchev–Trinajstić information content (AvgIpc) is 2.47. The summed E-state index contributed by atoms with van der Waals surface area (Å²) >= 11 is 4.98. The van der Waals surface area contributed by atoms with E-state index in [0.29, 0.717) is 22.9 Å². The van der Waals surface area contributed by atoms with E-state index in [4.69, 9.17) is 17.3 Å². The van der Waals surface area contributed by atoms with Gasteiger partial charge in [-0.1, -0.05) is 0 Å². The van der Waals surface area contributed by atoms with Crippen molar-refractivity contribution in [2.75, 3.05) is 12.0 Å². The fourth-order valence-corrected chi connectivity index (χ4v) is 1.91. The maximum atomic E-state index is 10.8. The highest BCUT2D eigenvalue weighted by atomic mass is 32.2. The molecule has 0 aliphatic heterocycles. The summed E-state index contributed by atoms with van der Waals surface area (Å²) in [4.78, 5) is 0. The van der Waals surface area contributed by atoms with Gasteiger partial charge in [0.25, 0.3) is 0 Å². The highest BCUT2D eigenvalue weighted by Gasteiger charge is 2.04. The van der Waals surface area contributed by atoms with Crippen molar-refractivity contribution in [3.8, 4) is 0 Å². The molecule has 0 bridgehead atoms. The SMILES string of the molecule is CS(=O)CCCn1c(CO)n[nH]c1=S. The molecule has 1 heterocycles. The van der Waals surface area contributed by atoms with E-state index in [9.17, 15) is 4.21 Å². The van der Waals surface area contributed by atoms with Gasteiger partial charge < -0.3 is 9.67 Å². The van der Waals surface area contributed by atoms with Crippen molar-refractivity contribution in [1.29, 1.82) is 0 Å².